The van der Waals surface area contributed by atoms with Crippen LogP contribution in [-0.2, 0) is 14.8 Å². The van der Waals surface area contributed by atoms with E-state index in [2.05, 4.69) is 5.32 Å². The highest BCUT2D eigenvalue weighted by Gasteiger charge is 2.25. The van der Waals surface area contributed by atoms with Crippen LogP contribution in [0.1, 0.15) is 29.7 Å². The fraction of sp³-hybridized carbons (Fsp3) is 0.381. The molecule has 158 valence electrons. The lowest BCUT2D eigenvalue weighted by Crippen LogP contribution is -2.41. The second kappa shape index (κ2) is 9.17. The Hall–Kier alpha value is -2.74. The lowest BCUT2D eigenvalue weighted by atomic mass is 10.1. The van der Waals surface area contributed by atoms with Gasteiger partial charge in [0.15, 0.2) is 0 Å². The Morgan fingerprint density at radius 2 is 1.72 bits per heavy atom. The largest absolute Gasteiger partial charge is 0.497 e. The number of benzene rings is 2. The summed E-state index contributed by atoms with van der Waals surface area (Å²) in [7, 11) is -0.547. The minimum atomic E-state index is -3.65. The van der Waals surface area contributed by atoms with E-state index in [0.29, 0.717) is 17.2 Å². The first kappa shape index (κ1) is 22.5. The zero-order chi connectivity index (χ0) is 21.8. The third-order valence-electron chi connectivity index (χ3n) is 4.66. The van der Waals surface area contributed by atoms with Crippen LogP contribution in [0.3, 0.4) is 0 Å². The summed E-state index contributed by atoms with van der Waals surface area (Å²) in [5.74, 6) is 0.818. The van der Waals surface area contributed by atoms with Crippen molar-refractivity contribution in [2.24, 2.45) is 0 Å². The molecule has 2 aromatic carbocycles. The van der Waals surface area contributed by atoms with Crippen LogP contribution in [0.25, 0.3) is 0 Å². The predicted molar refractivity (Wildman–Crippen MR) is 114 cm³/mol. The molecule has 0 aliphatic rings. The lowest BCUT2D eigenvalue weighted by Gasteiger charge is -2.26. The van der Waals surface area contributed by atoms with Gasteiger partial charge >= 0.3 is 0 Å². The zero-order valence-corrected chi connectivity index (χ0v) is 18.5. The number of hydrogen-bond acceptors (Lipinski definition) is 5. The Bertz CT molecular complexity index is 968. The van der Waals surface area contributed by atoms with Crippen molar-refractivity contribution in [2.75, 3.05) is 31.3 Å². The van der Waals surface area contributed by atoms with Gasteiger partial charge < -0.3 is 14.8 Å². The molecule has 1 amide bonds. The SMILES string of the molecule is COc1ccc(OC)c([C@H](C)NC(=O)CN(c2c(C)cccc2C)S(C)(=O)=O)c1. The molecule has 7 nitrogen and oxygen atoms in total. The molecule has 0 saturated heterocycles. The van der Waals surface area contributed by atoms with E-state index in [4.69, 9.17) is 9.47 Å². The normalized spacial score (nSPS) is 12.2. The van der Waals surface area contributed by atoms with Crippen molar-refractivity contribution in [3.63, 3.8) is 0 Å². The second-order valence-electron chi connectivity index (χ2n) is 6.91. The lowest BCUT2D eigenvalue weighted by molar-refractivity contribution is -0.120. The molecule has 0 bridgehead atoms. The Morgan fingerprint density at radius 1 is 1.10 bits per heavy atom. The molecule has 0 aromatic heterocycles. The molecule has 0 radical (unpaired) electrons. The van der Waals surface area contributed by atoms with Crippen LogP contribution in [0.2, 0.25) is 0 Å². The fourth-order valence-electron chi connectivity index (χ4n) is 3.23. The van der Waals surface area contributed by atoms with Crippen LogP contribution in [-0.4, -0.2) is 41.3 Å². The van der Waals surface area contributed by atoms with Gasteiger partial charge in [0, 0.05) is 5.56 Å². The first-order chi connectivity index (χ1) is 13.6. The quantitative estimate of drug-likeness (QED) is 0.710. The average molecular weight is 421 g/mol. The second-order valence-corrected chi connectivity index (χ2v) is 8.81. The molecule has 0 heterocycles. The third-order valence-corrected chi connectivity index (χ3v) is 5.77. The van der Waals surface area contributed by atoms with Crippen LogP contribution in [0.4, 0.5) is 5.69 Å². The third kappa shape index (κ3) is 5.41. The maximum atomic E-state index is 12.7. The van der Waals surface area contributed by atoms with Crippen LogP contribution in [0.5, 0.6) is 11.5 Å². The number of rotatable bonds is 8. The number of aryl methyl sites for hydroxylation is 2. The summed E-state index contributed by atoms with van der Waals surface area (Å²) in [5.41, 5.74) is 2.83. The predicted octanol–water partition coefficient (Wildman–Crippen LogP) is 2.96. The van der Waals surface area contributed by atoms with E-state index in [1.54, 1.807) is 39.3 Å². The topological polar surface area (TPSA) is 84.9 Å². The van der Waals surface area contributed by atoms with Crippen molar-refractivity contribution in [3.05, 3.63) is 53.1 Å². The van der Waals surface area contributed by atoms with Gasteiger partial charge in [-0.3, -0.25) is 9.10 Å². The van der Waals surface area contributed by atoms with E-state index in [0.717, 1.165) is 27.3 Å². The molecule has 8 heteroatoms. The van der Waals surface area contributed by atoms with Gasteiger partial charge in [-0.1, -0.05) is 18.2 Å². The fourth-order valence-corrected chi connectivity index (χ4v) is 4.21. The van der Waals surface area contributed by atoms with Crippen LogP contribution >= 0.6 is 0 Å². The molecule has 0 unspecified atom stereocenters. The molecule has 0 fully saturated rings. The molecule has 1 atom stereocenters. The monoisotopic (exact) mass is 420 g/mol. The standard InChI is InChI=1S/C21H28N2O5S/c1-14-8-7-9-15(2)21(14)23(29(6,25)26)13-20(24)22-16(3)18-12-17(27-4)10-11-19(18)28-5/h7-12,16H,13H2,1-6H3,(H,22,24)/t16-/m0/s1. The number of amides is 1. The number of carbonyl (C=O) groups is 1. The Kier molecular flexibility index (Phi) is 7.13. The zero-order valence-electron chi connectivity index (χ0n) is 17.6. The minimum Gasteiger partial charge on any atom is -0.497 e. The van der Waals surface area contributed by atoms with E-state index in [9.17, 15) is 13.2 Å². The molecule has 29 heavy (non-hydrogen) atoms. The molecule has 0 aliphatic carbocycles. The highest BCUT2D eigenvalue weighted by molar-refractivity contribution is 7.92. The Balaban J connectivity index is 2.28. The number of ether oxygens (including phenoxy) is 2. The van der Waals surface area contributed by atoms with Gasteiger partial charge in [0.1, 0.15) is 18.0 Å². The van der Waals surface area contributed by atoms with Gasteiger partial charge in [-0.15, -0.1) is 0 Å². The number of hydrogen-bond donors (Lipinski definition) is 1. The van der Waals surface area contributed by atoms with Crippen molar-refractivity contribution in [2.45, 2.75) is 26.8 Å². The molecular weight excluding hydrogens is 392 g/mol. The van der Waals surface area contributed by atoms with E-state index in [1.807, 2.05) is 32.0 Å². The number of nitrogens with one attached hydrogen (secondary N) is 1. The highest BCUT2D eigenvalue weighted by atomic mass is 32.2. The van der Waals surface area contributed by atoms with E-state index in [1.165, 1.54) is 0 Å². The highest BCUT2D eigenvalue weighted by Crippen LogP contribution is 2.30. The van der Waals surface area contributed by atoms with Gasteiger partial charge in [0.2, 0.25) is 15.9 Å². The van der Waals surface area contributed by atoms with Crippen molar-refractivity contribution >= 4 is 21.6 Å². The Morgan fingerprint density at radius 3 is 2.24 bits per heavy atom. The van der Waals surface area contributed by atoms with E-state index >= 15 is 0 Å². The molecule has 2 rings (SSSR count). The first-order valence-corrected chi connectivity index (χ1v) is 11.0. The molecule has 1 N–H and O–H groups in total. The summed E-state index contributed by atoms with van der Waals surface area (Å²) in [6, 6.07) is 10.4. The molecular formula is C21H28N2O5S. The summed E-state index contributed by atoms with van der Waals surface area (Å²) in [4.78, 5) is 12.7. The van der Waals surface area contributed by atoms with E-state index < -0.39 is 22.0 Å². The van der Waals surface area contributed by atoms with Gasteiger partial charge in [-0.05, 0) is 50.1 Å². The summed E-state index contributed by atoms with van der Waals surface area (Å²) in [5, 5.41) is 2.85. The van der Waals surface area contributed by atoms with Gasteiger partial charge in [-0.25, -0.2) is 8.42 Å². The van der Waals surface area contributed by atoms with Gasteiger partial charge in [0.25, 0.3) is 0 Å². The Labute approximate surface area is 172 Å². The summed E-state index contributed by atoms with van der Waals surface area (Å²) in [6.07, 6.45) is 1.10. The summed E-state index contributed by atoms with van der Waals surface area (Å²) >= 11 is 0. The van der Waals surface area contributed by atoms with Gasteiger partial charge in [-0.2, -0.15) is 0 Å². The number of methoxy groups -OCH3 is 2. The number of sulfonamides is 1. The van der Waals surface area contributed by atoms with Crippen LogP contribution in [0, 0.1) is 13.8 Å². The minimum absolute atomic E-state index is 0.318. The van der Waals surface area contributed by atoms with Crippen LogP contribution in [0.15, 0.2) is 36.4 Å². The van der Waals surface area contributed by atoms with Crippen molar-refractivity contribution < 1.29 is 22.7 Å². The number of nitrogens with zero attached hydrogens (tertiary/aromatic N) is 1. The maximum Gasteiger partial charge on any atom is 0.241 e. The molecule has 0 spiro atoms. The summed E-state index contributed by atoms with van der Waals surface area (Å²) in [6.45, 7) is 5.13. The smallest absolute Gasteiger partial charge is 0.241 e. The number of carbonyl (C=O) groups excluding carboxylic acids is 1. The first-order valence-electron chi connectivity index (χ1n) is 9.13. The van der Waals surface area contributed by atoms with Crippen molar-refractivity contribution in [3.8, 4) is 11.5 Å². The maximum absolute atomic E-state index is 12.7. The average Bonchev–Trinajstić information content (AvgIpc) is 2.65. The molecule has 0 saturated carbocycles. The van der Waals surface area contributed by atoms with Crippen molar-refractivity contribution in [1.29, 1.82) is 0 Å². The van der Waals surface area contributed by atoms with Crippen LogP contribution < -0.4 is 19.1 Å². The summed E-state index contributed by atoms with van der Waals surface area (Å²) < 4.78 is 36.6. The van der Waals surface area contributed by atoms with Crippen molar-refractivity contribution in [1.82, 2.24) is 5.32 Å². The number of para-hydroxylation sites is 1. The van der Waals surface area contributed by atoms with Gasteiger partial charge in [0.05, 0.1) is 32.2 Å². The number of anilines is 1. The van der Waals surface area contributed by atoms with E-state index in [-0.39, 0.29) is 6.54 Å². The molecule has 2 aromatic rings. The molecule has 0 aliphatic heterocycles.